The number of hydrogen-bond acceptors (Lipinski definition) is 5. The maximum Gasteiger partial charge on any atom is 0.245 e. The Morgan fingerprint density at radius 1 is 1.11 bits per heavy atom. The van der Waals surface area contributed by atoms with Gasteiger partial charge in [0.15, 0.2) is 5.65 Å². The van der Waals surface area contributed by atoms with Crippen LogP contribution in [0.1, 0.15) is 12.8 Å². The summed E-state index contributed by atoms with van der Waals surface area (Å²) in [7, 11) is -3.92. The Bertz CT molecular complexity index is 1120. The van der Waals surface area contributed by atoms with Crippen LogP contribution >= 0.6 is 0 Å². The minimum Gasteiger partial charge on any atom is -0.310 e. The zero-order valence-electron chi connectivity index (χ0n) is 14.8. The third-order valence-corrected chi connectivity index (χ3v) is 6.75. The summed E-state index contributed by atoms with van der Waals surface area (Å²) >= 11 is 0. The second kappa shape index (κ2) is 7.28. The lowest BCUT2D eigenvalue weighted by Gasteiger charge is -2.30. The Labute approximate surface area is 161 Å². The number of carbonyl (C=O) groups excluding carboxylic acids is 1. The van der Waals surface area contributed by atoms with Crippen molar-refractivity contribution in [3.8, 4) is 0 Å². The van der Waals surface area contributed by atoms with Crippen molar-refractivity contribution < 1.29 is 17.6 Å². The standard InChI is InChI=1S/C18H18FN5O3S/c19-14-3-1-2-4-15(14)28(26,27)23-11-7-13(8-12-23)18(25)22-17-5-9-20-16-6-10-21-24(16)17/h1-6,9-10,13H,7-8,11-12H2,(H,22,25). The molecule has 8 nitrogen and oxygen atoms in total. The lowest BCUT2D eigenvalue weighted by molar-refractivity contribution is -0.120. The lowest BCUT2D eigenvalue weighted by atomic mass is 9.97. The van der Waals surface area contributed by atoms with E-state index in [2.05, 4.69) is 15.4 Å². The number of benzene rings is 1. The van der Waals surface area contributed by atoms with E-state index in [9.17, 15) is 17.6 Å². The molecule has 10 heteroatoms. The van der Waals surface area contributed by atoms with E-state index in [4.69, 9.17) is 0 Å². The van der Waals surface area contributed by atoms with Crippen LogP contribution in [0.15, 0.2) is 53.7 Å². The summed E-state index contributed by atoms with van der Waals surface area (Å²) in [4.78, 5) is 16.4. The van der Waals surface area contributed by atoms with Gasteiger partial charge in [-0.05, 0) is 31.0 Å². The number of nitrogens with zero attached hydrogens (tertiary/aromatic N) is 4. The molecule has 28 heavy (non-hydrogen) atoms. The van der Waals surface area contributed by atoms with Crippen molar-refractivity contribution >= 4 is 27.4 Å². The summed E-state index contributed by atoms with van der Waals surface area (Å²) in [5, 5.41) is 6.95. The quantitative estimate of drug-likeness (QED) is 0.718. The molecule has 1 aliphatic rings. The number of sulfonamides is 1. The molecule has 1 fully saturated rings. The SMILES string of the molecule is O=C(Nc1ccnc2ccnn12)C1CCN(S(=O)(=O)c2ccccc2F)CC1. The average Bonchev–Trinajstić information content (AvgIpc) is 3.18. The van der Waals surface area contributed by atoms with Crippen molar-refractivity contribution in [2.45, 2.75) is 17.7 Å². The third-order valence-electron chi connectivity index (χ3n) is 4.82. The van der Waals surface area contributed by atoms with Crippen molar-refractivity contribution in [1.29, 1.82) is 0 Å². The fraction of sp³-hybridized carbons (Fsp3) is 0.278. The molecule has 3 heterocycles. The highest BCUT2D eigenvalue weighted by Crippen LogP contribution is 2.26. The number of aromatic nitrogens is 3. The predicted molar refractivity (Wildman–Crippen MR) is 99.5 cm³/mol. The van der Waals surface area contributed by atoms with Gasteiger partial charge in [0.1, 0.15) is 16.5 Å². The van der Waals surface area contributed by atoms with Gasteiger partial charge in [0, 0.05) is 31.3 Å². The van der Waals surface area contributed by atoms with Crippen molar-refractivity contribution in [3.63, 3.8) is 0 Å². The molecule has 1 N–H and O–H groups in total. The first-order chi connectivity index (χ1) is 13.5. The zero-order chi connectivity index (χ0) is 19.7. The molecule has 0 unspecified atom stereocenters. The Morgan fingerprint density at radius 3 is 2.61 bits per heavy atom. The van der Waals surface area contributed by atoms with Gasteiger partial charge in [0.05, 0.1) is 6.20 Å². The van der Waals surface area contributed by atoms with Gasteiger partial charge in [-0.1, -0.05) is 12.1 Å². The molecule has 1 saturated heterocycles. The van der Waals surface area contributed by atoms with Crippen LogP contribution in [-0.2, 0) is 14.8 Å². The number of nitrogens with one attached hydrogen (secondary N) is 1. The Morgan fingerprint density at radius 2 is 1.86 bits per heavy atom. The van der Waals surface area contributed by atoms with Crippen LogP contribution < -0.4 is 5.32 Å². The van der Waals surface area contributed by atoms with E-state index in [1.807, 2.05) is 0 Å². The van der Waals surface area contributed by atoms with Crippen LogP contribution in [0.5, 0.6) is 0 Å². The summed E-state index contributed by atoms with van der Waals surface area (Å²) in [6, 6.07) is 8.68. The summed E-state index contributed by atoms with van der Waals surface area (Å²) in [6.45, 7) is 0.310. The summed E-state index contributed by atoms with van der Waals surface area (Å²) in [6.07, 6.45) is 3.87. The molecule has 1 amide bonds. The third kappa shape index (κ3) is 3.36. The maximum atomic E-state index is 13.9. The zero-order valence-corrected chi connectivity index (χ0v) is 15.6. The molecular weight excluding hydrogens is 385 g/mol. The molecule has 1 aromatic carbocycles. The van der Waals surface area contributed by atoms with Crippen LogP contribution in [0.2, 0.25) is 0 Å². The van der Waals surface area contributed by atoms with Gasteiger partial charge < -0.3 is 5.32 Å². The van der Waals surface area contributed by atoms with Gasteiger partial charge in [-0.25, -0.2) is 17.8 Å². The van der Waals surface area contributed by atoms with E-state index in [1.54, 1.807) is 24.5 Å². The molecule has 0 bridgehead atoms. The molecule has 0 aliphatic carbocycles. The van der Waals surface area contributed by atoms with Gasteiger partial charge in [-0.3, -0.25) is 4.79 Å². The maximum absolute atomic E-state index is 13.9. The molecule has 0 radical (unpaired) electrons. The molecule has 146 valence electrons. The fourth-order valence-electron chi connectivity index (χ4n) is 3.31. The fourth-order valence-corrected chi connectivity index (χ4v) is 4.84. The first-order valence-corrected chi connectivity index (χ1v) is 10.2. The molecule has 2 aromatic heterocycles. The highest BCUT2D eigenvalue weighted by atomic mass is 32.2. The Balaban J connectivity index is 1.43. The molecule has 0 spiro atoms. The number of hydrogen-bond donors (Lipinski definition) is 1. The molecule has 0 saturated carbocycles. The Hall–Kier alpha value is -2.85. The van der Waals surface area contributed by atoms with Crippen LogP contribution in [-0.4, -0.2) is 46.3 Å². The monoisotopic (exact) mass is 403 g/mol. The summed E-state index contributed by atoms with van der Waals surface area (Å²) < 4.78 is 42.0. The minimum absolute atomic E-state index is 0.155. The number of carbonyl (C=O) groups is 1. The average molecular weight is 403 g/mol. The van der Waals surface area contributed by atoms with E-state index in [-0.39, 0.29) is 29.8 Å². The summed E-state index contributed by atoms with van der Waals surface area (Å²) in [5.41, 5.74) is 0.614. The van der Waals surface area contributed by atoms with Crippen molar-refractivity contribution in [2.24, 2.45) is 5.92 Å². The number of rotatable bonds is 4. The number of anilines is 1. The summed E-state index contributed by atoms with van der Waals surface area (Å²) in [5.74, 6) is -0.818. The van der Waals surface area contributed by atoms with Crippen molar-refractivity contribution in [3.05, 3.63) is 54.6 Å². The van der Waals surface area contributed by atoms with Gasteiger partial charge >= 0.3 is 0 Å². The van der Waals surface area contributed by atoms with Crippen LogP contribution in [0.3, 0.4) is 0 Å². The van der Waals surface area contributed by atoms with E-state index in [0.29, 0.717) is 24.3 Å². The van der Waals surface area contributed by atoms with Crippen LogP contribution in [0.25, 0.3) is 5.65 Å². The highest BCUT2D eigenvalue weighted by molar-refractivity contribution is 7.89. The molecule has 1 aliphatic heterocycles. The molecular formula is C18H18FN5O3S. The van der Waals surface area contributed by atoms with E-state index >= 15 is 0 Å². The van der Waals surface area contributed by atoms with E-state index in [1.165, 1.54) is 27.0 Å². The second-order valence-corrected chi connectivity index (χ2v) is 8.44. The first-order valence-electron chi connectivity index (χ1n) is 8.81. The predicted octanol–water partition coefficient (Wildman–Crippen LogP) is 1.91. The van der Waals surface area contributed by atoms with Crippen molar-refractivity contribution in [2.75, 3.05) is 18.4 Å². The number of amides is 1. The normalized spacial score (nSPS) is 16.3. The van der Waals surface area contributed by atoms with E-state index < -0.39 is 15.8 Å². The lowest BCUT2D eigenvalue weighted by Crippen LogP contribution is -2.41. The Kier molecular flexibility index (Phi) is 4.82. The van der Waals surface area contributed by atoms with Crippen LogP contribution in [0, 0.1) is 11.7 Å². The molecule has 0 atom stereocenters. The number of piperidine rings is 1. The van der Waals surface area contributed by atoms with Crippen molar-refractivity contribution in [1.82, 2.24) is 18.9 Å². The van der Waals surface area contributed by atoms with Gasteiger partial charge in [0.25, 0.3) is 0 Å². The van der Waals surface area contributed by atoms with Gasteiger partial charge in [0.2, 0.25) is 15.9 Å². The second-order valence-electron chi connectivity index (χ2n) is 6.53. The first kappa shape index (κ1) is 18.5. The topological polar surface area (TPSA) is 96.7 Å². The highest BCUT2D eigenvalue weighted by Gasteiger charge is 2.33. The minimum atomic E-state index is -3.92. The van der Waals surface area contributed by atoms with Crippen LogP contribution in [0.4, 0.5) is 10.2 Å². The largest absolute Gasteiger partial charge is 0.310 e. The number of fused-ring (bicyclic) bond motifs is 1. The molecule has 4 rings (SSSR count). The van der Waals surface area contributed by atoms with Gasteiger partial charge in [-0.2, -0.15) is 13.9 Å². The van der Waals surface area contributed by atoms with E-state index in [0.717, 1.165) is 6.07 Å². The molecule has 3 aromatic rings. The number of halogens is 1. The smallest absolute Gasteiger partial charge is 0.245 e. The van der Waals surface area contributed by atoms with Gasteiger partial charge in [-0.15, -0.1) is 0 Å².